The molecule has 0 unspecified atom stereocenters. The predicted molar refractivity (Wildman–Crippen MR) is 107 cm³/mol. The van der Waals surface area contributed by atoms with Gasteiger partial charge >= 0.3 is 0 Å². The van der Waals surface area contributed by atoms with Crippen molar-refractivity contribution in [2.75, 3.05) is 18.0 Å². The smallest absolute Gasteiger partial charge is 0.224 e. The Hall–Kier alpha value is -3.87. The molecule has 0 saturated heterocycles. The van der Waals surface area contributed by atoms with Crippen LogP contribution < -0.4 is 25.8 Å². The van der Waals surface area contributed by atoms with Gasteiger partial charge in [-0.15, -0.1) is 0 Å². The Balaban J connectivity index is 1.94. The topological polar surface area (TPSA) is 98.2 Å². The highest BCUT2D eigenvalue weighted by Crippen LogP contribution is 2.37. The molecule has 3 N–H and O–H groups in total. The van der Waals surface area contributed by atoms with E-state index in [1.54, 1.807) is 13.2 Å². The minimum Gasteiger partial charge on any atom is -0.612 e. The van der Waals surface area contributed by atoms with Gasteiger partial charge in [0.25, 0.3) is 0 Å². The quantitative estimate of drug-likeness (QED) is 0.382. The number of para-hydroxylation sites is 2. The van der Waals surface area contributed by atoms with Crippen LogP contribution in [0.3, 0.4) is 0 Å². The third kappa shape index (κ3) is 3.06. The highest BCUT2D eigenvalue weighted by molar-refractivity contribution is 6.03. The van der Waals surface area contributed by atoms with Crippen molar-refractivity contribution < 1.29 is 4.74 Å². The number of hydrogen-bond acceptors (Lipinski definition) is 5. The van der Waals surface area contributed by atoms with Gasteiger partial charge in [0.15, 0.2) is 0 Å². The molecule has 136 valence electrons. The summed E-state index contributed by atoms with van der Waals surface area (Å²) in [5.74, 6) is 0.656. The second kappa shape index (κ2) is 6.80. The minimum absolute atomic E-state index is 0.0231. The van der Waals surface area contributed by atoms with E-state index in [4.69, 9.17) is 4.74 Å². The molecule has 27 heavy (non-hydrogen) atoms. The zero-order chi connectivity index (χ0) is 18.8. The Morgan fingerprint density at radius 3 is 2.48 bits per heavy atom. The van der Waals surface area contributed by atoms with Crippen molar-refractivity contribution in [1.82, 2.24) is 9.89 Å². The molecule has 7 heteroatoms. The van der Waals surface area contributed by atoms with Crippen LogP contribution in [-0.2, 0) is 0 Å². The van der Waals surface area contributed by atoms with Gasteiger partial charge in [-0.05, 0) is 24.3 Å². The van der Waals surface area contributed by atoms with Gasteiger partial charge in [0.05, 0.1) is 29.7 Å². The molecule has 2 aliphatic rings. The molecule has 0 bridgehead atoms. The van der Waals surface area contributed by atoms with Crippen LogP contribution in [0.2, 0.25) is 0 Å². The third-order valence-electron chi connectivity index (χ3n) is 4.36. The molecule has 0 spiro atoms. The van der Waals surface area contributed by atoms with Crippen LogP contribution in [0.5, 0.6) is 5.75 Å². The normalized spacial score (nSPS) is 10.7. The summed E-state index contributed by atoms with van der Waals surface area (Å²) >= 11 is 0. The highest BCUT2D eigenvalue weighted by atomic mass is 16.8. The number of aromatic nitrogens is 1. The van der Waals surface area contributed by atoms with E-state index in [0.29, 0.717) is 11.4 Å². The van der Waals surface area contributed by atoms with Gasteiger partial charge in [-0.1, -0.05) is 30.3 Å². The first-order valence-corrected chi connectivity index (χ1v) is 8.34. The Kier molecular flexibility index (Phi) is 4.18. The molecule has 4 rings (SSSR count). The van der Waals surface area contributed by atoms with Gasteiger partial charge in [0, 0.05) is 23.1 Å². The second-order valence-corrected chi connectivity index (χ2v) is 5.99. The fourth-order valence-corrected chi connectivity index (χ4v) is 3.08. The maximum atomic E-state index is 11.2. The van der Waals surface area contributed by atoms with E-state index in [2.05, 4.69) is 15.8 Å². The zero-order valence-corrected chi connectivity index (χ0v) is 14.5. The van der Waals surface area contributed by atoms with Crippen molar-refractivity contribution in [3.8, 4) is 17.0 Å². The molecule has 0 radical (unpaired) electrons. The SMILES string of the molecule is COc1cccc2c(NNc3ccccc3)c3ccc(=[N+]([O-])[O-])cc-3[nH]c12. The fraction of sp³-hybridized carbons (Fsp3) is 0.0500. The molecule has 0 atom stereocenters. The molecule has 0 saturated carbocycles. The van der Waals surface area contributed by atoms with Crippen molar-refractivity contribution in [1.29, 1.82) is 0 Å². The molecule has 1 aliphatic heterocycles. The van der Waals surface area contributed by atoms with Gasteiger partial charge in [0.2, 0.25) is 5.36 Å². The number of ether oxygens (including phenoxy) is 1. The molecule has 1 aliphatic carbocycles. The fourth-order valence-electron chi connectivity index (χ4n) is 3.08. The number of nitrogens with zero attached hydrogens (tertiary/aromatic N) is 1. The summed E-state index contributed by atoms with van der Waals surface area (Å²) in [6, 6.07) is 20.2. The third-order valence-corrected chi connectivity index (χ3v) is 4.36. The van der Waals surface area contributed by atoms with E-state index in [0.717, 1.165) is 27.8 Å². The van der Waals surface area contributed by atoms with Gasteiger partial charge < -0.3 is 25.6 Å². The van der Waals surface area contributed by atoms with Crippen LogP contribution in [-0.4, -0.2) is 12.1 Å². The maximum Gasteiger partial charge on any atom is 0.224 e. The van der Waals surface area contributed by atoms with Crippen LogP contribution >= 0.6 is 0 Å². The van der Waals surface area contributed by atoms with E-state index < -0.39 is 4.90 Å². The number of pyridine rings is 1. The largest absolute Gasteiger partial charge is 0.612 e. The van der Waals surface area contributed by atoms with Crippen molar-refractivity contribution in [2.45, 2.75) is 0 Å². The van der Waals surface area contributed by atoms with Crippen LogP contribution in [0, 0.1) is 10.4 Å². The Morgan fingerprint density at radius 1 is 0.926 bits per heavy atom. The average molecular weight is 361 g/mol. The Labute approximate surface area is 155 Å². The molecule has 7 nitrogen and oxygen atoms in total. The molecule has 2 aromatic rings. The van der Waals surface area contributed by atoms with E-state index in [1.165, 1.54) is 12.1 Å². The number of fused-ring (bicyclic) bond motifs is 2. The monoisotopic (exact) mass is 361 g/mol. The van der Waals surface area contributed by atoms with Gasteiger partial charge in [0.1, 0.15) is 5.75 Å². The van der Waals surface area contributed by atoms with E-state index in [9.17, 15) is 10.4 Å². The minimum atomic E-state index is -0.408. The lowest BCUT2D eigenvalue weighted by molar-refractivity contribution is 0.419. The summed E-state index contributed by atoms with van der Waals surface area (Å²) in [5.41, 5.74) is 10.4. The van der Waals surface area contributed by atoms with Gasteiger partial charge in [-0.2, -0.15) is 4.90 Å². The van der Waals surface area contributed by atoms with Crippen molar-refractivity contribution in [2.24, 2.45) is 0 Å². The maximum absolute atomic E-state index is 11.2. The van der Waals surface area contributed by atoms with Crippen LogP contribution in [0.1, 0.15) is 0 Å². The zero-order valence-electron chi connectivity index (χ0n) is 14.5. The number of nitrogens with one attached hydrogen (secondary N) is 3. The number of hydrogen-bond donors (Lipinski definition) is 3. The van der Waals surface area contributed by atoms with Crippen LogP contribution in [0.25, 0.3) is 22.2 Å². The summed E-state index contributed by atoms with van der Waals surface area (Å²) in [5, 5.41) is 23.3. The molecule has 2 aromatic carbocycles. The summed E-state index contributed by atoms with van der Waals surface area (Å²) in [7, 11) is 1.59. The van der Waals surface area contributed by atoms with E-state index in [-0.39, 0.29) is 5.36 Å². The first-order valence-electron chi connectivity index (χ1n) is 8.34. The summed E-state index contributed by atoms with van der Waals surface area (Å²) in [6.45, 7) is 0. The van der Waals surface area contributed by atoms with Crippen molar-refractivity contribution in [3.63, 3.8) is 0 Å². The molecule has 0 amide bonds. The van der Waals surface area contributed by atoms with Crippen molar-refractivity contribution >= 4 is 22.3 Å². The van der Waals surface area contributed by atoms with E-state index >= 15 is 0 Å². The Bertz CT molecular complexity index is 1130. The number of rotatable bonds is 4. The number of methoxy groups -OCH3 is 1. The Morgan fingerprint density at radius 2 is 1.74 bits per heavy atom. The lowest BCUT2D eigenvalue weighted by Gasteiger charge is -2.19. The predicted octanol–water partition coefficient (Wildman–Crippen LogP) is 3.49. The van der Waals surface area contributed by atoms with Gasteiger partial charge in [-0.3, -0.25) is 5.43 Å². The summed E-state index contributed by atoms with van der Waals surface area (Å²) < 4.78 is 5.46. The standard InChI is InChI=1S/C20H17N4O3/c1-27-18-9-5-8-16-19(23-22-13-6-3-2-4-7-13)15-11-10-14(24(25)26)12-17(15)21-20(16)18/h2-12,21-23H,1H3/q-1. The number of H-pyrrole nitrogens is 1. The number of hydrazine groups is 1. The molecule has 1 heterocycles. The van der Waals surface area contributed by atoms with Gasteiger partial charge in [-0.25, -0.2) is 0 Å². The average Bonchev–Trinajstić information content (AvgIpc) is 2.71. The first kappa shape index (κ1) is 16.6. The number of aromatic amines is 1. The number of benzene rings is 3. The molecule has 0 aromatic heterocycles. The highest BCUT2D eigenvalue weighted by Gasteiger charge is 2.16. The molecular formula is C20H17N4O3-. The van der Waals surface area contributed by atoms with Crippen LogP contribution in [0.4, 0.5) is 11.4 Å². The van der Waals surface area contributed by atoms with Crippen LogP contribution in [0.15, 0.2) is 66.7 Å². The lowest BCUT2D eigenvalue weighted by atomic mass is 10.0. The second-order valence-electron chi connectivity index (χ2n) is 5.99. The van der Waals surface area contributed by atoms with E-state index in [1.807, 2.05) is 48.5 Å². The summed E-state index contributed by atoms with van der Waals surface area (Å²) in [4.78, 5) is 2.86. The lowest BCUT2D eigenvalue weighted by Crippen LogP contribution is -2.19. The first-order chi connectivity index (χ1) is 13.2. The molecule has 0 fully saturated rings. The summed E-state index contributed by atoms with van der Waals surface area (Å²) in [6.07, 6.45) is 0. The number of anilines is 2. The van der Waals surface area contributed by atoms with Crippen molar-refractivity contribution in [3.05, 3.63) is 82.5 Å². The molecular weight excluding hydrogens is 344 g/mol.